The summed E-state index contributed by atoms with van der Waals surface area (Å²) in [6.07, 6.45) is 4.26. The number of carbonyl (C=O) groups excluding carboxylic acids is 1. The van der Waals surface area contributed by atoms with E-state index in [0.717, 1.165) is 19.3 Å². The van der Waals surface area contributed by atoms with Crippen LogP contribution in [0.5, 0.6) is 0 Å². The zero-order chi connectivity index (χ0) is 14.7. The van der Waals surface area contributed by atoms with Gasteiger partial charge in [0.25, 0.3) is 0 Å². The standard InChI is InChI=1S/C17H30O2/c1-14(2)8-12(9-15(3,4)10-14)19-13(18)17(7)11-16(17,5)6/h12H,8-11H2,1-7H3. The highest BCUT2D eigenvalue weighted by Crippen LogP contribution is 2.64. The van der Waals surface area contributed by atoms with Crippen LogP contribution in [0, 0.1) is 21.7 Å². The zero-order valence-electron chi connectivity index (χ0n) is 13.7. The van der Waals surface area contributed by atoms with Crippen molar-refractivity contribution in [2.45, 2.75) is 80.3 Å². The molecule has 0 spiro atoms. The quantitative estimate of drug-likeness (QED) is 0.684. The summed E-state index contributed by atoms with van der Waals surface area (Å²) in [7, 11) is 0. The van der Waals surface area contributed by atoms with Gasteiger partial charge in [-0.15, -0.1) is 0 Å². The zero-order valence-corrected chi connectivity index (χ0v) is 13.7. The summed E-state index contributed by atoms with van der Waals surface area (Å²) >= 11 is 0. The van der Waals surface area contributed by atoms with Gasteiger partial charge in [0, 0.05) is 0 Å². The third-order valence-electron chi connectivity index (χ3n) is 5.41. The molecular weight excluding hydrogens is 236 g/mol. The number of ether oxygens (including phenoxy) is 1. The van der Waals surface area contributed by atoms with Gasteiger partial charge in [0.2, 0.25) is 0 Å². The highest BCUT2D eigenvalue weighted by atomic mass is 16.5. The van der Waals surface area contributed by atoms with E-state index in [9.17, 15) is 4.79 Å². The van der Waals surface area contributed by atoms with E-state index < -0.39 is 0 Å². The lowest BCUT2D eigenvalue weighted by molar-refractivity contribution is -0.162. The lowest BCUT2D eigenvalue weighted by atomic mass is 9.64. The topological polar surface area (TPSA) is 26.3 Å². The molecule has 2 fully saturated rings. The molecule has 0 N–H and O–H groups in total. The van der Waals surface area contributed by atoms with E-state index in [1.165, 1.54) is 6.42 Å². The normalized spacial score (nSPS) is 35.7. The van der Waals surface area contributed by atoms with E-state index >= 15 is 0 Å². The van der Waals surface area contributed by atoms with Crippen molar-refractivity contribution in [2.75, 3.05) is 0 Å². The number of esters is 1. The van der Waals surface area contributed by atoms with Crippen LogP contribution >= 0.6 is 0 Å². The molecule has 2 heteroatoms. The maximum atomic E-state index is 12.4. The Labute approximate surface area is 118 Å². The Morgan fingerprint density at radius 3 is 1.68 bits per heavy atom. The first-order chi connectivity index (χ1) is 8.37. The fourth-order valence-corrected chi connectivity index (χ4v) is 4.30. The minimum absolute atomic E-state index is 0.0241. The van der Waals surface area contributed by atoms with Crippen LogP contribution in [0.15, 0.2) is 0 Å². The lowest BCUT2D eigenvalue weighted by Crippen LogP contribution is -2.40. The number of hydrogen-bond donors (Lipinski definition) is 0. The van der Waals surface area contributed by atoms with Crippen molar-refractivity contribution in [1.29, 1.82) is 0 Å². The van der Waals surface area contributed by atoms with Crippen molar-refractivity contribution < 1.29 is 9.53 Å². The molecule has 0 aromatic rings. The van der Waals surface area contributed by atoms with Gasteiger partial charge in [-0.2, -0.15) is 0 Å². The van der Waals surface area contributed by atoms with E-state index in [-0.39, 0.29) is 33.7 Å². The highest BCUT2D eigenvalue weighted by Gasteiger charge is 2.64. The first-order valence-electron chi connectivity index (χ1n) is 7.58. The molecule has 0 bridgehead atoms. The molecule has 0 heterocycles. The van der Waals surface area contributed by atoms with E-state index in [2.05, 4.69) is 48.5 Å². The van der Waals surface area contributed by atoms with Gasteiger partial charge >= 0.3 is 5.97 Å². The first-order valence-corrected chi connectivity index (χ1v) is 7.58. The van der Waals surface area contributed by atoms with Crippen LogP contribution in [0.4, 0.5) is 0 Å². The minimum Gasteiger partial charge on any atom is -0.462 e. The number of hydrogen-bond acceptors (Lipinski definition) is 2. The Kier molecular flexibility index (Phi) is 3.12. The van der Waals surface area contributed by atoms with Gasteiger partial charge in [0.05, 0.1) is 5.41 Å². The molecule has 2 aliphatic carbocycles. The monoisotopic (exact) mass is 266 g/mol. The molecular formula is C17H30O2. The summed E-state index contributed by atoms with van der Waals surface area (Å²) in [6.45, 7) is 15.5. The minimum atomic E-state index is -0.251. The van der Waals surface area contributed by atoms with Gasteiger partial charge in [-0.05, 0) is 48.9 Å². The predicted octanol–water partition coefficient (Wildman–Crippen LogP) is 4.57. The van der Waals surface area contributed by atoms with Gasteiger partial charge in [0.15, 0.2) is 0 Å². The van der Waals surface area contributed by atoms with Crippen molar-refractivity contribution in [3.05, 3.63) is 0 Å². The molecule has 0 aromatic heterocycles. The average Bonchev–Trinajstić information content (AvgIpc) is 2.61. The second-order valence-electron chi connectivity index (χ2n) is 9.33. The van der Waals surface area contributed by atoms with E-state index in [4.69, 9.17) is 4.74 Å². The molecule has 1 unspecified atom stereocenters. The smallest absolute Gasteiger partial charge is 0.312 e. The van der Waals surface area contributed by atoms with Crippen molar-refractivity contribution in [2.24, 2.45) is 21.7 Å². The molecule has 2 rings (SSSR count). The molecule has 2 nitrogen and oxygen atoms in total. The first kappa shape index (κ1) is 14.9. The van der Waals surface area contributed by atoms with Crippen LogP contribution < -0.4 is 0 Å². The van der Waals surface area contributed by atoms with Crippen molar-refractivity contribution in [3.8, 4) is 0 Å². The van der Waals surface area contributed by atoms with Crippen molar-refractivity contribution in [1.82, 2.24) is 0 Å². The van der Waals surface area contributed by atoms with Gasteiger partial charge in [0.1, 0.15) is 6.10 Å². The molecule has 0 aromatic carbocycles. The molecule has 0 radical (unpaired) electrons. The van der Waals surface area contributed by atoms with Crippen molar-refractivity contribution in [3.63, 3.8) is 0 Å². The summed E-state index contributed by atoms with van der Waals surface area (Å²) in [5.41, 5.74) is 0.405. The number of carbonyl (C=O) groups is 1. The molecule has 0 amide bonds. The number of rotatable bonds is 2. The summed E-state index contributed by atoms with van der Waals surface area (Å²) < 4.78 is 5.89. The van der Waals surface area contributed by atoms with Crippen LogP contribution in [0.2, 0.25) is 0 Å². The van der Waals surface area contributed by atoms with Crippen molar-refractivity contribution >= 4 is 5.97 Å². The maximum Gasteiger partial charge on any atom is 0.312 e. The van der Waals surface area contributed by atoms with Gasteiger partial charge in [-0.1, -0.05) is 41.5 Å². The van der Waals surface area contributed by atoms with Crippen LogP contribution in [0.1, 0.15) is 74.1 Å². The van der Waals surface area contributed by atoms with E-state index in [0.29, 0.717) is 0 Å². The largest absolute Gasteiger partial charge is 0.462 e. The van der Waals surface area contributed by atoms with E-state index in [1.54, 1.807) is 0 Å². The van der Waals surface area contributed by atoms with Crippen LogP contribution in [0.3, 0.4) is 0 Å². The predicted molar refractivity (Wildman–Crippen MR) is 77.8 cm³/mol. The van der Waals surface area contributed by atoms with Gasteiger partial charge in [-0.3, -0.25) is 4.79 Å². The third kappa shape index (κ3) is 2.83. The summed E-state index contributed by atoms with van der Waals surface area (Å²) in [6, 6.07) is 0. The Morgan fingerprint density at radius 1 is 0.895 bits per heavy atom. The molecule has 0 aliphatic heterocycles. The SMILES string of the molecule is CC1(C)CC(OC(=O)C2(C)CC2(C)C)CC(C)(C)C1. The van der Waals surface area contributed by atoms with Crippen LogP contribution in [-0.2, 0) is 9.53 Å². The van der Waals surface area contributed by atoms with Crippen LogP contribution in [-0.4, -0.2) is 12.1 Å². The summed E-state index contributed by atoms with van der Waals surface area (Å²) in [4.78, 5) is 12.4. The average molecular weight is 266 g/mol. The Bertz CT molecular complexity index is 376. The fraction of sp³-hybridized carbons (Fsp3) is 0.941. The Hall–Kier alpha value is -0.530. The third-order valence-corrected chi connectivity index (χ3v) is 5.41. The van der Waals surface area contributed by atoms with Gasteiger partial charge in [-0.25, -0.2) is 0 Å². The molecule has 110 valence electrons. The second-order valence-corrected chi connectivity index (χ2v) is 9.33. The lowest BCUT2D eigenvalue weighted by Gasteiger charge is -2.44. The molecule has 1 atom stereocenters. The second kappa shape index (κ2) is 3.99. The fourth-order valence-electron chi connectivity index (χ4n) is 4.30. The molecule has 0 saturated heterocycles. The Balaban J connectivity index is 2.02. The molecule has 19 heavy (non-hydrogen) atoms. The molecule has 2 aliphatic rings. The maximum absolute atomic E-state index is 12.4. The Morgan fingerprint density at radius 2 is 1.32 bits per heavy atom. The summed E-state index contributed by atoms with van der Waals surface area (Å²) in [5.74, 6) is 0.0241. The molecule has 2 saturated carbocycles. The van der Waals surface area contributed by atoms with Gasteiger partial charge < -0.3 is 4.74 Å². The van der Waals surface area contributed by atoms with E-state index in [1.807, 2.05) is 0 Å². The van der Waals surface area contributed by atoms with Crippen LogP contribution in [0.25, 0.3) is 0 Å². The highest BCUT2D eigenvalue weighted by molar-refractivity contribution is 5.81. The summed E-state index contributed by atoms with van der Waals surface area (Å²) in [5, 5.41) is 0.